The number of fused-ring (bicyclic) bond motifs is 1. The fourth-order valence-electron chi connectivity index (χ4n) is 2.29. The molecule has 100 valence electrons. The highest BCUT2D eigenvalue weighted by molar-refractivity contribution is 7.18. The van der Waals surface area contributed by atoms with Gasteiger partial charge >= 0.3 is 5.97 Å². The predicted octanol–water partition coefficient (Wildman–Crippen LogP) is 2.66. The average molecular weight is 277 g/mol. The lowest BCUT2D eigenvalue weighted by atomic mass is 10.1. The molecule has 1 atom stereocenters. The topological polar surface area (TPSA) is 75.1 Å². The summed E-state index contributed by atoms with van der Waals surface area (Å²) in [5.74, 6) is 0.449. The zero-order chi connectivity index (χ0) is 13.4. The second-order valence-electron chi connectivity index (χ2n) is 4.98. The first kappa shape index (κ1) is 12.3. The molecular formula is C13H15N3O2S. The zero-order valence-corrected chi connectivity index (χ0v) is 11.4. The van der Waals surface area contributed by atoms with Crippen molar-refractivity contribution in [2.45, 2.75) is 32.2 Å². The number of nitrogens with one attached hydrogen (secondary N) is 1. The molecule has 0 aromatic carbocycles. The van der Waals surface area contributed by atoms with Gasteiger partial charge in [-0.3, -0.25) is 4.79 Å². The van der Waals surface area contributed by atoms with Gasteiger partial charge in [0, 0.05) is 10.9 Å². The summed E-state index contributed by atoms with van der Waals surface area (Å²) in [6.07, 6.45) is 3.87. The number of thiophene rings is 1. The highest BCUT2D eigenvalue weighted by Gasteiger charge is 2.33. The minimum Gasteiger partial charge on any atom is -0.481 e. The molecular weight excluding hydrogens is 262 g/mol. The van der Waals surface area contributed by atoms with E-state index in [1.165, 1.54) is 11.2 Å². The third-order valence-corrected chi connectivity index (χ3v) is 4.32. The molecule has 1 aliphatic carbocycles. The maximum atomic E-state index is 10.9. The van der Waals surface area contributed by atoms with E-state index in [0.717, 1.165) is 28.9 Å². The minimum atomic E-state index is -0.767. The molecule has 1 saturated carbocycles. The summed E-state index contributed by atoms with van der Waals surface area (Å²) in [5, 5.41) is 13.3. The van der Waals surface area contributed by atoms with Gasteiger partial charge in [0.15, 0.2) is 0 Å². The summed E-state index contributed by atoms with van der Waals surface area (Å²) >= 11 is 1.62. The summed E-state index contributed by atoms with van der Waals surface area (Å²) in [5.41, 5.74) is 0. The van der Waals surface area contributed by atoms with Gasteiger partial charge in [-0.25, -0.2) is 9.97 Å². The van der Waals surface area contributed by atoms with Crippen LogP contribution in [0.5, 0.6) is 0 Å². The van der Waals surface area contributed by atoms with Crippen LogP contribution < -0.4 is 5.32 Å². The second kappa shape index (κ2) is 4.77. The molecule has 0 spiro atoms. The van der Waals surface area contributed by atoms with Gasteiger partial charge in [-0.2, -0.15) is 0 Å². The molecule has 0 saturated heterocycles. The molecule has 2 heterocycles. The molecule has 19 heavy (non-hydrogen) atoms. The van der Waals surface area contributed by atoms with Crippen LogP contribution >= 0.6 is 11.3 Å². The molecule has 1 aliphatic rings. The van der Waals surface area contributed by atoms with Gasteiger partial charge in [0.25, 0.3) is 0 Å². The lowest BCUT2D eigenvalue weighted by Crippen LogP contribution is -2.25. The van der Waals surface area contributed by atoms with Crippen molar-refractivity contribution < 1.29 is 9.90 Å². The van der Waals surface area contributed by atoms with Crippen molar-refractivity contribution in [2.75, 3.05) is 5.32 Å². The average Bonchev–Trinajstić information content (AvgIpc) is 3.10. The van der Waals surface area contributed by atoms with E-state index in [1.807, 2.05) is 13.0 Å². The fraction of sp³-hybridized carbons (Fsp3) is 0.462. The Morgan fingerprint density at radius 2 is 2.37 bits per heavy atom. The molecule has 6 heteroatoms. The van der Waals surface area contributed by atoms with Crippen LogP contribution in [0.25, 0.3) is 10.2 Å². The van der Waals surface area contributed by atoms with E-state index in [0.29, 0.717) is 5.92 Å². The SMILES string of the molecule is Cc1cc2c(NC(CC(=O)O)C3CC3)ncnc2s1. The predicted molar refractivity (Wildman–Crippen MR) is 74.5 cm³/mol. The van der Waals surface area contributed by atoms with Crippen molar-refractivity contribution in [3.63, 3.8) is 0 Å². The van der Waals surface area contributed by atoms with Gasteiger partial charge < -0.3 is 10.4 Å². The maximum Gasteiger partial charge on any atom is 0.305 e. The molecule has 0 amide bonds. The Kier molecular flexibility index (Phi) is 3.10. The highest BCUT2D eigenvalue weighted by Crippen LogP contribution is 2.37. The van der Waals surface area contributed by atoms with Gasteiger partial charge in [0.1, 0.15) is 17.0 Å². The number of carboxylic acids is 1. The molecule has 3 rings (SSSR count). The molecule has 1 unspecified atom stereocenters. The normalized spacial score (nSPS) is 16.5. The van der Waals surface area contributed by atoms with Crippen LogP contribution in [0.4, 0.5) is 5.82 Å². The Morgan fingerprint density at radius 1 is 1.58 bits per heavy atom. The summed E-state index contributed by atoms with van der Waals surface area (Å²) in [7, 11) is 0. The standard InChI is InChI=1S/C13H15N3O2S/c1-7-4-9-12(14-6-15-13(9)19-7)16-10(5-11(17)18)8-2-3-8/h4,6,8,10H,2-3,5H2,1H3,(H,17,18)(H,14,15,16). The van der Waals surface area contributed by atoms with Gasteiger partial charge in [-0.05, 0) is 31.7 Å². The smallest absolute Gasteiger partial charge is 0.305 e. The second-order valence-corrected chi connectivity index (χ2v) is 6.22. The first-order chi connectivity index (χ1) is 9.13. The van der Waals surface area contributed by atoms with E-state index in [2.05, 4.69) is 15.3 Å². The largest absolute Gasteiger partial charge is 0.481 e. The maximum absolute atomic E-state index is 10.9. The van der Waals surface area contributed by atoms with Gasteiger partial charge in [-0.1, -0.05) is 0 Å². The number of nitrogens with zero attached hydrogens (tertiary/aromatic N) is 2. The van der Waals surface area contributed by atoms with Crippen molar-refractivity contribution in [2.24, 2.45) is 5.92 Å². The van der Waals surface area contributed by atoms with E-state index in [4.69, 9.17) is 5.11 Å². The lowest BCUT2D eigenvalue weighted by Gasteiger charge is -2.17. The lowest BCUT2D eigenvalue weighted by molar-refractivity contribution is -0.137. The number of aryl methyl sites for hydroxylation is 1. The van der Waals surface area contributed by atoms with Gasteiger partial charge in [-0.15, -0.1) is 11.3 Å². The Labute approximate surface area is 114 Å². The molecule has 2 aromatic rings. The van der Waals surface area contributed by atoms with Crippen LogP contribution in [0.2, 0.25) is 0 Å². The molecule has 0 bridgehead atoms. The van der Waals surface area contributed by atoms with Gasteiger partial charge in [0.05, 0.1) is 11.8 Å². The molecule has 0 radical (unpaired) electrons. The highest BCUT2D eigenvalue weighted by atomic mass is 32.1. The van der Waals surface area contributed by atoms with E-state index in [9.17, 15) is 4.79 Å². The molecule has 5 nitrogen and oxygen atoms in total. The number of aromatic nitrogens is 2. The van der Waals surface area contributed by atoms with Crippen LogP contribution in [-0.4, -0.2) is 27.1 Å². The number of carboxylic acid groups (broad SMARTS) is 1. The summed E-state index contributed by atoms with van der Waals surface area (Å²) in [4.78, 5) is 21.6. The Morgan fingerprint density at radius 3 is 3.05 bits per heavy atom. The summed E-state index contributed by atoms with van der Waals surface area (Å²) in [6, 6.07) is 2.02. The van der Waals surface area contributed by atoms with Crippen molar-refractivity contribution in [1.29, 1.82) is 0 Å². The zero-order valence-electron chi connectivity index (χ0n) is 10.6. The fourth-order valence-corrected chi connectivity index (χ4v) is 3.14. The van der Waals surface area contributed by atoms with Crippen molar-refractivity contribution in [3.05, 3.63) is 17.3 Å². The molecule has 0 aliphatic heterocycles. The van der Waals surface area contributed by atoms with E-state index in [1.54, 1.807) is 11.3 Å². The number of aliphatic carboxylic acids is 1. The Balaban J connectivity index is 1.88. The third kappa shape index (κ3) is 2.68. The number of rotatable bonds is 5. The van der Waals surface area contributed by atoms with Gasteiger partial charge in [0.2, 0.25) is 0 Å². The van der Waals surface area contributed by atoms with E-state index >= 15 is 0 Å². The van der Waals surface area contributed by atoms with Crippen LogP contribution in [0.15, 0.2) is 12.4 Å². The van der Waals surface area contributed by atoms with Crippen LogP contribution in [-0.2, 0) is 4.79 Å². The number of hydrogen-bond acceptors (Lipinski definition) is 5. The first-order valence-electron chi connectivity index (χ1n) is 6.33. The number of carbonyl (C=O) groups is 1. The molecule has 2 aromatic heterocycles. The number of anilines is 1. The van der Waals surface area contributed by atoms with Crippen molar-refractivity contribution in [3.8, 4) is 0 Å². The van der Waals surface area contributed by atoms with Crippen molar-refractivity contribution in [1.82, 2.24) is 9.97 Å². The Hall–Kier alpha value is -1.69. The summed E-state index contributed by atoms with van der Waals surface area (Å²) < 4.78 is 0. The monoisotopic (exact) mass is 277 g/mol. The van der Waals surface area contributed by atoms with E-state index < -0.39 is 5.97 Å². The third-order valence-electron chi connectivity index (χ3n) is 3.36. The molecule has 1 fully saturated rings. The number of hydrogen-bond donors (Lipinski definition) is 2. The quantitative estimate of drug-likeness (QED) is 0.878. The van der Waals surface area contributed by atoms with Crippen LogP contribution in [0.3, 0.4) is 0 Å². The molecule has 2 N–H and O–H groups in total. The van der Waals surface area contributed by atoms with Crippen molar-refractivity contribution >= 4 is 33.3 Å². The van der Waals surface area contributed by atoms with Crippen LogP contribution in [0.1, 0.15) is 24.1 Å². The first-order valence-corrected chi connectivity index (χ1v) is 7.14. The summed E-state index contributed by atoms with van der Waals surface area (Å²) in [6.45, 7) is 2.03. The van der Waals surface area contributed by atoms with Crippen LogP contribution in [0, 0.1) is 12.8 Å². The van der Waals surface area contributed by atoms with E-state index in [-0.39, 0.29) is 12.5 Å². The minimum absolute atomic E-state index is 0.0317. The Bertz CT molecular complexity index is 621.